The van der Waals surface area contributed by atoms with Crippen molar-refractivity contribution < 1.29 is 9.59 Å². The molecule has 0 radical (unpaired) electrons. The molecule has 0 unspecified atom stereocenters. The van der Waals surface area contributed by atoms with Crippen LogP contribution in [0.4, 0.5) is 5.13 Å². The fourth-order valence-corrected chi connectivity index (χ4v) is 2.51. The highest BCUT2D eigenvalue weighted by molar-refractivity contribution is 7.14. The third-order valence-corrected chi connectivity index (χ3v) is 4.09. The zero-order chi connectivity index (χ0) is 16.1. The van der Waals surface area contributed by atoms with E-state index in [-0.39, 0.29) is 17.9 Å². The lowest BCUT2D eigenvalue weighted by Crippen LogP contribution is -2.32. The van der Waals surface area contributed by atoms with Crippen molar-refractivity contribution in [3.63, 3.8) is 0 Å². The minimum atomic E-state index is -0.221. The van der Waals surface area contributed by atoms with E-state index in [9.17, 15) is 9.59 Å². The molecule has 1 aromatic heterocycles. The van der Waals surface area contributed by atoms with Crippen LogP contribution in [0.25, 0.3) is 0 Å². The van der Waals surface area contributed by atoms with E-state index in [1.165, 1.54) is 11.3 Å². The maximum Gasteiger partial charge on any atom is 0.271 e. The summed E-state index contributed by atoms with van der Waals surface area (Å²) in [5, 5.41) is 7.64. The van der Waals surface area contributed by atoms with Gasteiger partial charge in [-0.15, -0.1) is 11.3 Å². The number of thiazole rings is 1. The number of nitrogens with zero attached hydrogens (tertiary/aromatic N) is 1. The highest BCUT2D eigenvalue weighted by atomic mass is 32.1. The van der Waals surface area contributed by atoms with Crippen LogP contribution in [0.1, 0.15) is 46.7 Å². The van der Waals surface area contributed by atoms with Gasteiger partial charge in [-0.25, -0.2) is 4.98 Å². The van der Waals surface area contributed by atoms with Crippen LogP contribution in [0.5, 0.6) is 0 Å². The molecule has 0 saturated heterocycles. The molecule has 2 N–H and O–H groups in total. The molecule has 0 aliphatic carbocycles. The molecule has 5 nitrogen and oxygen atoms in total. The summed E-state index contributed by atoms with van der Waals surface area (Å²) in [4.78, 5) is 28.3. The topological polar surface area (TPSA) is 71.1 Å². The summed E-state index contributed by atoms with van der Waals surface area (Å²) < 4.78 is 0. The smallest absolute Gasteiger partial charge is 0.271 e. The van der Waals surface area contributed by atoms with Gasteiger partial charge in [0.2, 0.25) is 0 Å². The zero-order valence-corrected chi connectivity index (χ0v) is 13.7. The summed E-state index contributed by atoms with van der Waals surface area (Å²) in [6.07, 6.45) is 0.854. The highest BCUT2D eigenvalue weighted by Gasteiger charge is 2.15. The quantitative estimate of drug-likeness (QED) is 0.889. The van der Waals surface area contributed by atoms with Gasteiger partial charge >= 0.3 is 0 Å². The maximum absolute atomic E-state index is 12.2. The molecule has 1 atom stereocenters. The Balaban J connectivity index is 2.05. The van der Waals surface area contributed by atoms with Gasteiger partial charge in [0.15, 0.2) is 5.13 Å². The number of hydrogen-bond acceptors (Lipinski definition) is 4. The van der Waals surface area contributed by atoms with Gasteiger partial charge in [0.1, 0.15) is 5.69 Å². The number of nitrogens with one attached hydrogen (secondary N) is 2. The molecule has 2 rings (SSSR count). The molecule has 0 bridgehead atoms. The van der Waals surface area contributed by atoms with Gasteiger partial charge in [0, 0.05) is 17.0 Å². The van der Waals surface area contributed by atoms with Crippen LogP contribution in [-0.2, 0) is 0 Å². The third-order valence-electron chi connectivity index (χ3n) is 3.34. The minimum Gasteiger partial charge on any atom is -0.348 e. The number of anilines is 1. The molecule has 0 spiro atoms. The van der Waals surface area contributed by atoms with E-state index in [0.717, 1.165) is 12.0 Å². The Bertz CT molecular complexity index is 682. The van der Waals surface area contributed by atoms with E-state index >= 15 is 0 Å². The lowest BCUT2D eigenvalue weighted by Gasteiger charge is -2.09. The Morgan fingerprint density at radius 1 is 1.27 bits per heavy atom. The SMILES string of the molecule is CC[C@@H](C)NC(=O)c1csc(NC(=O)c2ccccc2C)n1. The molecule has 0 aliphatic rings. The van der Waals surface area contributed by atoms with Crippen LogP contribution in [0.2, 0.25) is 0 Å². The molecule has 1 heterocycles. The van der Waals surface area contributed by atoms with Crippen molar-refractivity contribution in [3.05, 3.63) is 46.5 Å². The van der Waals surface area contributed by atoms with Crippen molar-refractivity contribution in [2.24, 2.45) is 0 Å². The molecule has 0 saturated carbocycles. The van der Waals surface area contributed by atoms with Gasteiger partial charge < -0.3 is 5.32 Å². The summed E-state index contributed by atoms with van der Waals surface area (Å²) in [5.41, 5.74) is 1.82. The molecular weight excluding hydrogens is 298 g/mol. The predicted octanol–water partition coefficient (Wildman–Crippen LogP) is 3.23. The fraction of sp³-hybridized carbons (Fsp3) is 0.312. The second kappa shape index (κ2) is 7.17. The lowest BCUT2D eigenvalue weighted by molar-refractivity contribution is 0.0933. The highest BCUT2D eigenvalue weighted by Crippen LogP contribution is 2.17. The Kier molecular flexibility index (Phi) is 5.27. The van der Waals surface area contributed by atoms with E-state index in [2.05, 4.69) is 15.6 Å². The first kappa shape index (κ1) is 16.2. The number of benzene rings is 1. The molecule has 116 valence electrons. The number of carbonyl (C=O) groups is 2. The van der Waals surface area contributed by atoms with Crippen LogP contribution in [0, 0.1) is 6.92 Å². The molecule has 22 heavy (non-hydrogen) atoms. The summed E-state index contributed by atoms with van der Waals surface area (Å²) in [6, 6.07) is 7.43. The lowest BCUT2D eigenvalue weighted by atomic mass is 10.1. The number of aromatic nitrogens is 1. The normalized spacial score (nSPS) is 11.8. The molecular formula is C16H19N3O2S. The molecule has 0 fully saturated rings. The predicted molar refractivity (Wildman–Crippen MR) is 88.5 cm³/mol. The Morgan fingerprint density at radius 3 is 2.68 bits per heavy atom. The van der Waals surface area contributed by atoms with Gasteiger partial charge in [-0.1, -0.05) is 25.1 Å². The maximum atomic E-state index is 12.2. The van der Waals surface area contributed by atoms with Crippen molar-refractivity contribution in [2.75, 3.05) is 5.32 Å². The van der Waals surface area contributed by atoms with Crippen LogP contribution in [0.3, 0.4) is 0 Å². The van der Waals surface area contributed by atoms with Crippen molar-refractivity contribution >= 4 is 28.3 Å². The van der Waals surface area contributed by atoms with Gasteiger partial charge in [0.05, 0.1) is 0 Å². The average molecular weight is 317 g/mol. The largest absolute Gasteiger partial charge is 0.348 e. The van der Waals surface area contributed by atoms with Gasteiger partial charge in [0.25, 0.3) is 11.8 Å². The second-order valence-corrected chi connectivity index (χ2v) is 5.95. The number of carbonyl (C=O) groups excluding carboxylic acids is 2. The van der Waals surface area contributed by atoms with E-state index in [0.29, 0.717) is 16.4 Å². The average Bonchev–Trinajstić information content (AvgIpc) is 2.96. The molecule has 2 aromatic rings. The van der Waals surface area contributed by atoms with Gasteiger partial charge in [-0.2, -0.15) is 0 Å². The fourth-order valence-electron chi connectivity index (χ4n) is 1.83. The number of amides is 2. The van der Waals surface area contributed by atoms with Crippen molar-refractivity contribution in [1.82, 2.24) is 10.3 Å². The number of aryl methyl sites for hydroxylation is 1. The summed E-state index contributed by atoms with van der Waals surface area (Å²) >= 11 is 1.24. The molecule has 1 aromatic carbocycles. The van der Waals surface area contributed by atoms with Crippen molar-refractivity contribution in [3.8, 4) is 0 Å². The van der Waals surface area contributed by atoms with Gasteiger partial charge in [-0.05, 0) is 31.9 Å². The minimum absolute atomic E-state index is 0.0965. The van der Waals surface area contributed by atoms with Crippen LogP contribution < -0.4 is 10.6 Å². The molecule has 6 heteroatoms. The van der Waals surface area contributed by atoms with E-state index in [1.54, 1.807) is 11.4 Å². The monoisotopic (exact) mass is 317 g/mol. The van der Waals surface area contributed by atoms with E-state index in [1.807, 2.05) is 39.0 Å². The van der Waals surface area contributed by atoms with Crippen molar-refractivity contribution in [1.29, 1.82) is 0 Å². The number of hydrogen-bond donors (Lipinski definition) is 2. The van der Waals surface area contributed by atoms with E-state index < -0.39 is 0 Å². The van der Waals surface area contributed by atoms with Crippen LogP contribution >= 0.6 is 11.3 Å². The Morgan fingerprint density at radius 2 is 2.00 bits per heavy atom. The standard InChI is InChI=1S/C16H19N3O2S/c1-4-11(3)17-15(21)13-9-22-16(18-13)19-14(20)12-8-6-5-7-10(12)2/h5-9,11H,4H2,1-3H3,(H,17,21)(H,18,19,20)/t11-/m1/s1. The number of rotatable bonds is 5. The first-order chi connectivity index (χ1) is 10.5. The zero-order valence-electron chi connectivity index (χ0n) is 12.8. The summed E-state index contributed by atoms with van der Waals surface area (Å²) in [5.74, 6) is -0.441. The first-order valence-electron chi connectivity index (χ1n) is 7.14. The third kappa shape index (κ3) is 3.92. The Labute approximate surface area is 133 Å². The van der Waals surface area contributed by atoms with E-state index in [4.69, 9.17) is 0 Å². The Hall–Kier alpha value is -2.21. The summed E-state index contributed by atoms with van der Waals surface area (Å²) in [7, 11) is 0. The van der Waals surface area contributed by atoms with Crippen LogP contribution in [0.15, 0.2) is 29.6 Å². The first-order valence-corrected chi connectivity index (χ1v) is 8.02. The molecule has 2 amide bonds. The van der Waals surface area contributed by atoms with Crippen LogP contribution in [-0.4, -0.2) is 22.8 Å². The van der Waals surface area contributed by atoms with Gasteiger partial charge in [-0.3, -0.25) is 14.9 Å². The van der Waals surface area contributed by atoms with Crippen molar-refractivity contribution in [2.45, 2.75) is 33.2 Å². The second-order valence-electron chi connectivity index (χ2n) is 5.09. The molecule has 0 aliphatic heterocycles. The summed E-state index contributed by atoms with van der Waals surface area (Å²) in [6.45, 7) is 5.81.